The van der Waals surface area contributed by atoms with Gasteiger partial charge in [0.25, 0.3) is 0 Å². The average Bonchev–Trinajstić information content (AvgIpc) is 2.78. The standard InChI is InChI=1S/C28H31NO3/c1-7-9-14-32-17-25(31)26(18(3)8-2)28(23-12-11-22(16-29)15-20(23)5)27-21(6)19(4)10-13-24(27)30/h7-8,10-13,15,28,30H,1-2,9,14,17H2,3-6H3/b26-18-/t28-/m1/s1. The van der Waals surface area contributed by atoms with E-state index in [-0.39, 0.29) is 18.1 Å². The molecular formula is C28H31NO3. The fourth-order valence-corrected chi connectivity index (χ4v) is 3.84. The van der Waals surface area contributed by atoms with Crippen LogP contribution in [0.1, 0.15) is 52.6 Å². The Kier molecular flexibility index (Phi) is 8.75. The van der Waals surface area contributed by atoms with E-state index < -0.39 is 5.92 Å². The van der Waals surface area contributed by atoms with E-state index in [4.69, 9.17) is 4.74 Å². The van der Waals surface area contributed by atoms with Crippen LogP contribution in [0, 0.1) is 32.1 Å². The summed E-state index contributed by atoms with van der Waals surface area (Å²) in [5.74, 6) is -0.576. The lowest BCUT2D eigenvalue weighted by Crippen LogP contribution is -2.21. The summed E-state index contributed by atoms with van der Waals surface area (Å²) in [6, 6.07) is 11.1. The van der Waals surface area contributed by atoms with Gasteiger partial charge in [-0.25, -0.2) is 0 Å². The van der Waals surface area contributed by atoms with E-state index >= 15 is 0 Å². The van der Waals surface area contributed by atoms with E-state index in [9.17, 15) is 15.2 Å². The second-order valence-corrected chi connectivity index (χ2v) is 7.91. The summed E-state index contributed by atoms with van der Waals surface area (Å²) >= 11 is 0. The van der Waals surface area contributed by atoms with E-state index in [1.165, 1.54) is 0 Å². The van der Waals surface area contributed by atoms with E-state index in [1.54, 1.807) is 30.4 Å². The van der Waals surface area contributed by atoms with Gasteiger partial charge in [-0.2, -0.15) is 5.26 Å². The molecule has 0 unspecified atom stereocenters. The minimum Gasteiger partial charge on any atom is -0.508 e. The minimum absolute atomic E-state index is 0.0776. The predicted molar refractivity (Wildman–Crippen MR) is 129 cm³/mol. The number of Topliss-reactive ketones (excluding diaryl/α,β-unsaturated/α-hetero) is 1. The monoisotopic (exact) mass is 429 g/mol. The van der Waals surface area contributed by atoms with Crippen LogP contribution in [0.25, 0.3) is 0 Å². The first-order valence-electron chi connectivity index (χ1n) is 10.6. The normalized spacial score (nSPS) is 12.5. The largest absolute Gasteiger partial charge is 0.508 e. The Balaban J connectivity index is 2.78. The molecule has 2 rings (SSSR count). The molecule has 0 spiro atoms. The Morgan fingerprint density at radius 2 is 1.91 bits per heavy atom. The molecule has 0 radical (unpaired) electrons. The third kappa shape index (κ3) is 5.43. The molecule has 0 aliphatic rings. The van der Waals surface area contributed by atoms with Gasteiger partial charge in [-0.1, -0.05) is 30.9 Å². The number of ether oxygens (including phenoxy) is 1. The van der Waals surface area contributed by atoms with Gasteiger partial charge < -0.3 is 9.84 Å². The molecule has 0 fully saturated rings. The number of hydrogen-bond acceptors (Lipinski definition) is 4. The summed E-state index contributed by atoms with van der Waals surface area (Å²) in [7, 11) is 0. The highest BCUT2D eigenvalue weighted by atomic mass is 16.5. The fraction of sp³-hybridized carbons (Fsp3) is 0.286. The van der Waals surface area contributed by atoms with Crippen LogP contribution in [-0.4, -0.2) is 24.1 Å². The Bertz CT molecular complexity index is 1100. The van der Waals surface area contributed by atoms with Crippen LogP contribution in [0.3, 0.4) is 0 Å². The molecule has 4 heteroatoms. The number of nitrogens with zero attached hydrogens (tertiary/aromatic N) is 1. The van der Waals surface area contributed by atoms with E-state index in [1.807, 2.05) is 39.8 Å². The number of aromatic hydroxyl groups is 1. The molecule has 0 bridgehead atoms. The number of hydrogen-bond donors (Lipinski definition) is 1. The molecule has 1 N–H and O–H groups in total. The van der Waals surface area contributed by atoms with Crippen molar-refractivity contribution in [3.63, 3.8) is 0 Å². The molecule has 0 heterocycles. The molecule has 166 valence electrons. The zero-order chi connectivity index (χ0) is 23.8. The average molecular weight is 430 g/mol. The van der Waals surface area contributed by atoms with Gasteiger partial charge in [0.15, 0.2) is 5.78 Å². The number of nitriles is 1. The van der Waals surface area contributed by atoms with E-state index in [0.717, 1.165) is 27.8 Å². The first-order valence-corrected chi connectivity index (χ1v) is 10.6. The molecule has 0 amide bonds. The smallest absolute Gasteiger partial charge is 0.185 e. The number of phenolic OH excluding ortho intramolecular Hbond substituents is 1. The number of allylic oxidation sites excluding steroid dienone is 2. The van der Waals surface area contributed by atoms with Gasteiger partial charge in [0.05, 0.1) is 18.2 Å². The highest BCUT2D eigenvalue weighted by molar-refractivity contribution is 6.00. The maximum Gasteiger partial charge on any atom is 0.185 e. The summed E-state index contributed by atoms with van der Waals surface area (Å²) in [6.45, 7) is 15.6. The first-order chi connectivity index (χ1) is 15.3. The number of carbonyl (C=O) groups excluding carboxylic acids is 1. The zero-order valence-electron chi connectivity index (χ0n) is 19.4. The highest BCUT2D eigenvalue weighted by Gasteiger charge is 2.31. The summed E-state index contributed by atoms with van der Waals surface area (Å²) in [4.78, 5) is 13.4. The van der Waals surface area contributed by atoms with Gasteiger partial charge in [0.2, 0.25) is 0 Å². The first kappa shape index (κ1) is 24.8. The number of ketones is 1. The molecular weight excluding hydrogens is 398 g/mol. The number of benzene rings is 2. The summed E-state index contributed by atoms with van der Waals surface area (Å²) < 4.78 is 5.59. The molecule has 0 aliphatic carbocycles. The van der Waals surface area contributed by atoms with Gasteiger partial charge in [-0.05, 0) is 80.1 Å². The minimum atomic E-state index is -0.531. The van der Waals surface area contributed by atoms with Crippen LogP contribution in [0.5, 0.6) is 5.75 Å². The van der Waals surface area contributed by atoms with Crippen molar-refractivity contribution in [3.8, 4) is 11.8 Å². The SMILES string of the molecule is C=CCCOCC(=O)/C(=C(\C)C=C)[C@@H](c1ccc(C#N)cc1C)c1c(O)ccc(C)c1C. The second-order valence-electron chi connectivity index (χ2n) is 7.91. The zero-order valence-corrected chi connectivity index (χ0v) is 19.4. The van der Waals surface area contributed by atoms with Crippen LogP contribution in [0.2, 0.25) is 0 Å². The molecule has 32 heavy (non-hydrogen) atoms. The predicted octanol–water partition coefficient (Wildman–Crippen LogP) is 5.99. The third-order valence-electron chi connectivity index (χ3n) is 5.78. The molecule has 2 aromatic rings. The van der Waals surface area contributed by atoms with Crippen molar-refractivity contribution in [1.29, 1.82) is 5.26 Å². The second kappa shape index (κ2) is 11.3. The van der Waals surface area contributed by atoms with Crippen LogP contribution in [0.4, 0.5) is 0 Å². The fourth-order valence-electron chi connectivity index (χ4n) is 3.84. The van der Waals surface area contributed by atoms with Gasteiger partial charge in [-0.15, -0.1) is 6.58 Å². The maximum atomic E-state index is 13.4. The van der Waals surface area contributed by atoms with Crippen LogP contribution in [0.15, 0.2) is 66.8 Å². The Labute approximate surface area is 191 Å². The molecule has 0 aromatic heterocycles. The molecule has 0 aliphatic heterocycles. The van der Waals surface area contributed by atoms with Gasteiger partial charge in [0.1, 0.15) is 12.4 Å². The molecule has 1 atom stereocenters. The summed E-state index contributed by atoms with van der Waals surface area (Å²) in [5.41, 5.74) is 6.10. The highest BCUT2D eigenvalue weighted by Crippen LogP contribution is 2.42. The number of aryl methyl sites for hydroxylation is 2. The lowest BCUT2D eigenvalue weighted by molar-refractivity contribution is -0.120. The summed E-state index contributed by atoms with van der Waals surface area (Å²) in [6.07, 6.45) is 4.06. The van der Waals surface area contributed by atoms with Crippen molar-refractivity contribution >= 4 is 5.78 Å². The van der Waals surface area contributed by atoms with Crippen molar-refractivity contribution in [3.05, 3.63) is 100 Å². The number of carbonyl (C=O) groups is 1. The maximum absolute atomic E-state index is 13.4. The van der Waals surface area contributed by atoms with Crippen molar-refractivity contribution in [2.75, 3.05) is 13.2 Å². The van der Waals surface area contributed by atoms with E-state index in [0.29, 0.717) is 29.7 Å². The van der Waals surface area contributed by atoms with Gasteiger partial charge in [0, 0.05) is 17.1 Å². The van der Waals surface area contributed by atoms with Crippen molar-refractivity contribution in [2.24, 2.45) is 0 Å². The summed E-state index contributed by atoms with van der Waals surface area (Å²) in [5, 5.41) is 20.2. The van der Waals surface area contributed by atoms with Crippen molar-refractivity contribution in [2.45, 2.75) is 40.0 Å². The molecule has 0 saturated carbocycles. The van der Waals surface area contributed by atoms with Crippen LogP contribution < -0.4 is 0 Å². The topological polar surface area (TPSA) is 70.3 Å². The molecule has 2 aromatic carbocycles. The van der Waals surface area contributed by atoms with Crippen LogP contribution >= 0.6 is 0 Å². The Hall–Kier alpha value is -3.42. The molecule has 0 saturated heterocycles. The van der Waals surface area contributed by atoms with Crippen molar-refractivity contribution < 1.29 is 14.6 Å². The quantitative estimate of drug-likeness (QED) is 0.218. The lowest BCUT2D eigenvalue weighted by Gasteiger charge is -2.27. The Morgan fingerprint density at radius 1 is 1.19 bits per heavy atom. The lowest BCUT2D eigenvalue weighted by atomic mass is 9.76. The number of rotatable bonds is 10. The van der Waals surface area contributed by atoms with Gasteiger partial charge in [-0.3, -0.25) is 4.79 Å². The van der Waals surface area contributed by atoms with Crippen molar-refractivity contribution in [1.82, 2.24) is 0 Å². The Morgan fingerprint density at radius 3 is 2.50 bits per heavy atom. The van der Waals surface area contributed by atoms with E-state index in [2.05, 4.69) is 19.2 Å². The third-order valence-corrected chi connectivity index (χ3v) is 5.78. The van der Waals surface area contributed by atoms with Crippen LogP contribution in [-0.2, 0) is 9.53 Å². The molecule has 4 nitrogen and oxygen atoms in total. The van der Waals surface area contributed by atoms with Gasteiger partial charge >= 0.3 is 0 Å². The number of phenols is 1.